The number of aliphatic imine (C=N–C) groups is 1. The van der Waals surface area contributed by atoms with Gasteiger partial charge in [-0.25, -0.2) is 0 Å². The van der Waals surface area contributed by atoms with Crippen molar-refractivity contribution < 1.29 is 9.53 Å². The number of carbonyl (C=O) groups is 1. The lowest BCUT2D eigenvalue weighted by Gasteiger charge is -2.27. The summed E-state index contributed by atoms with van der Waals surface area (Å²) in [7, 11) is 0. The first-order valence-corrected chi connectivity index (χ1v) is 7.05. The van der Waals surface area contributed by atoms with E-state index < -0.39 is 0 Å². The van der Waals surface area contributed by atoms with Crippen LogP contribution < -0.4 is 0 Å². The molecule has 5 heteroatoms. The molecule has 0 atom stereocenters. The summed E-state index contributed by atoms with van der Waals surface area (Å²) in [6, 6.07) is 9.84. The Labute approximate surface area is 116 Å². The van der Waals surface area contributed by atoms with Gasteiger partial charge in [0.1, 0.15) is 0 Å². The molecular weight excluding hydrogens is 260 g/mol. The third-order valence-electron chi connectivity index (χ3n) is 2.99. The van der Waals surface area contributed by atoms with Gasteiger partial charge in [0.2, 0.25) is 0 Å². The molecule has 4 nitrogen and oxygen atoms in total. The largest absolute Gasteiger partial charge is 0.378 e. The molecule has 0 bridgehead atoms. The topological polar surface area (TPSA) is 41.9 Å². The van der Waals surface area contributed by atoms with Gasteiger partial charge in [-0.3, -0.25) is 4.79 Å². The first kappa shape index (κ1) is 12.4. The second-order valence-electron chi connectivity index (χ2n) is 4.32. The lowest BCUT2D eigenvalue weighted by molar-refractivity contribution is -0.113. The Morgan fingerprint density at radius 2 is 1.95 bits per heavy atom. The number of nitrogens with zero attached hydrogens (tertiary/aromatic N) is 2. The third kappa shape index (κ3) is 2.88. The lowest BCUT2D eigenvalue weighted by Crippen LogP contribution is -2.38. The van der Waals surface area contributed by atoms with Crippen LogP contribution >= 0.6 is 11.8 Å². The molecule has 2 aliphatic heterocycles. The van der Waals surface area contributed by atoms with Crippen molar-refractivity contribution in [1.29, 1.82) is 0 Å². The number of hydrogen-bond acceptors (Lipinski definition) is 4. The molecule has 0 aliphatic carbocycles. The zero-order chi connectivity index (χ0) is 13.1. The maximum atomic E-state index is 11.9. The van der Waals surface area contributed by atoms with Crippen molar-refractivity contribution in [1.82, 2.24) is 4.90 Å². The predicted octanol–water partition coefficient (Wildman–Crippen LogP) is 1.99. The van der Waals surface area contributed by atoms with Crippen LogP contribution in [0.3, 0.4) is 0 Å². The predicted molar refractivity (Wildman–Crippen MR) is 76.8 cm³/mol. The summed E-state index contributed by atoms with van der Waals surface area (Å²) in [4.78, 5) is 18.8. The molecule has 98 valence electrons. The molecule has 0 radical (unpaired) electrons. The SMILES string of the molecule is O=C1N=C(N2CCOCC2)SC1=Cc1ccccc1. The molecule has 1 aromatic carbocycles. The summed E-state index contributed by atoms with van der Waals surface area (Å²) in [5.74, 6) is -0.143. The number of benzene rings is 1. The van der Waals surface area contributed by atoms with Crippen LogP contribution in [-0.2, 0) is 9.53 Å². The van der Waals surface area contributed by atoms with E-state index in [0.29, 0.717) is 18.1 Å². The average molecular weight is 274 g/mol. The van der Waals surface area contributed by atoms with Crippen LogP contribution in [0.2, 0.25) is 0 Å². The fraction of sp³-hybridized carbons (Fsp3) is 0.286. The Hall–Kier alpha value is -1.59. The third-order valence-corrected chi connectivity index (χ3v) is 4.03. The van der Waals surface area contributed by atoms with Gasteiger partial charge in [0.05, 0.1) is 18.1 Å². The Kier molecular flexibility index (Phi) is 3.66. The van der Waals surface area contributed by atoms with E-state index in [1.807, 2.05) is 36.4 Å². The molecule has 0 aromatic heterocycles. The Morgan fingerprint density at radius 3 is 2.68 bits per heavy atom. The summed E-state index contributed by atoms with van der Waals surface area (Å²) in [5, 5.41) is 0.801. The summed E-state index contributed by atoms with van der Waals surface area (Å²) in [6.07, 6.45) is 1.89. The molecule has 0 unspecified atom stereocenters. The second-order valence-corrected chi connectivity index (χ2v) is 5.33. The average Bonchev–Trinajstić information content (AvgIpc) is 2.82. The van der Waals surface area contributed by atoms with Gasteiger partial charge in [-0.15, -0.1) is 0 Å². The molecule has 0 spiro atoms. The van der Waals surface area contributed by atoms with E-state index in [1.54, 1.807) is 0 Å². The maximum Gasteiger partial charge on any atom is 0.286 e. The van der Waals surface area contributed by atoms with E-state index in [1.165, 1.54) is 11.8 Å². The van der Waals surface area contributed by atoms with Crippen LogP contribution in [0.5, 0.6) is 0 Å². The normalized spacial score (nSPS) is 21.9. The number of morpholine rings is 1. The number of carbonyl (C=O) groups excluding carboxylic acids is 1. The maximum absolute atomic E-state index is 11.9. The molecule has 1 saturated heterocycles. The minimum Gasteiger partial charge on any atom is -0.378 e. The molecular formula is C14H14N2O2S. The van der Waals surface area contributed by atoms with Gasteiger partial charge in [0.15, 0.2) is 5.17 Å². The first-order valence-electron chi connectivity index (χ1n) is 6.23. The van der Waals surface area contributed by atoms with E-state index >= 15 is 0 Å². The Balaban J connectivity index is 1.74. The Bertz CT molecular complexity index is 534. The highest BCUT2D eigenvalue weighted by atomic mass is 32.2. The van der Waals surface area contributed by atoms with Gasteiger partial charge >= 0.3 is 0 Å². The van der Waals surface area contributed by atoms with Gasteiger partial charge in [0.25, 0.3) is 5.91 Å². The van der Waals surface area contributed by atoms with Crippen molar-refractivity contribution in [2.45, 2.75) is 0 Å². The standard InChI is InChI=1S/C14H14N2O2S/c17-13-12(10-11-4-2-1-3-5-11)19-14(15-13)16-6-8-18-9-7-16/h1-5,10H,6-9H2. The number of rotatable bonds is 1. The van der Waals surface area contributed by atoms with Crippen LogP contribution in [0.4, 0.5) is 0 Å². The summed E-state index contributed by atoms with van der Waals surface area (Å²) >= 11 is 1.45. The van der Waals surface area contributed by atoms with Gasteiger partial charge in [-0.2, -0.15) is 4.99 Å². The molecule has 1 fully saturated rings. The molecule has 3 rings (SSSR count). The van der Waals surface area contributed by atoms with Crippen LogP contribution in [-0.4, -0.2) is 42.3 Å². The Morgan fingerprint density at radius 1 is 1.21 bits per heavy atom. The van der Waals surface area contributed by atoms with Gasteiger partial charge in [-0.05, 0) is 23.4 Å². The monoisotopic (exact) mass is 274 g/mol. The second kappa shape index (κ2) is 5.59. The van der Waals surface area contributed by atoms with E-state index in [4.69, 9.17) is 4.74 Å². The molecule has 2 aliphatic rings. The highest BCUT2D eigenvalue weighted by Gasteiger charge is 2.26. The minimum atomic E-state index is -0.143. The van der Waals surface area contributed by atoms with E-state index in [2.05, 4.69) is 9.89 Å². The number of amides is 1. The fourth-order valence-electron chi connectivity index (χ4n) is 1.99. The van der Waals surface area contributed by atoms with Crippen LogP contribution in [0, 0.1) is 0 Å². The lowest BCUT2D eigenvalue weighted by atomic mass is 10.2. The van der Waals surface area contributed by atoms with Crippen LogP contribution in [0.15, 0.2) is 40.2 Å². The first-order chi connectivity index (χ1) is 9.33. The quantitative estimate of drug-likeness (QED) is 0.734. The van der Waals surface area contributed by atoms with Crippen molar-refractivity contribution in [2.24, 2.45) is 4.99 Å². The molecule has 0 saturated carbocycles. The van der Waals surface area contributed by atoms with Crippen LogP contribution in [0.1, 0.15) is 5.56 Å². The summed E-state index contributed by atoms with van der Waals surface area (Å²) < 4.78 is 5.30. The zero-order valence-corrected chi connectivity index (χ0v) is 11.2. The summed E-state index contributed by atoms with van der Waals surface area (Å²) in [6.45, 7) is 3.01. The smallest absolute Gasteiger partial charge is 0.286 e. The van der Waals surface area contributed by atoms with Crippen molar-refractivity contribution in [3.05, 3.63) is 40.8 Å². The van der Waals surface area contributed by atoms with Gasteiger partial charge in [0, 0.05) is 13.1 Å². The van der Waals surface area contributed by atoms with E-state index in [-0.39, 0.29) is 5.91 Å². The number of thioether (sulfide) groups is 1. The van der Waals surface area contributed by atoms with Crippen molar-refractivity contribution >= 4 is 28.9 Å². The van der Waals surface area contributed by atoms with E-state index in [0.717, 1.165) is 23.8 Å². The fourth-order valence-corrected chi connectivity index (χ4v) is 2.95. The van der Waals surface area contributed by atoms with Crippen LogP contribution in [0.25, 0.3) is 6.08 Å². The van der Waals surface area contributed by atoms with Gasteiger partial charge < -0.3 is 9.64 Å². The molecule has 1 amide bonds. The highest BCUT2D eigenvalue weighted by molar-refractivity contribution is 8.18. The minimum absolute atomic E-state index is 0.143. The zero-order valence-electron chi connectivity index (χ0n) is 10.4. The van der Waals surface area contributed by atoms with Gasteiger partial charge in [-0.1, -0.05) is 30.3 Å². The highest BCUT2D eigenvalue weighted by Crippen LogP contribution is 2.30. The summed E-state index contributed by atoms with van der Waals surface area (Å²) in [5.41, 5.74) is 1.02. The molecule has 19 heavy (non-hydrogen) atoms. The number of ether oxygens (including phenoxy) is 1. The van der Waals surface area contributed by atoms with Crippen molar-refractivity contribution in [3.63, 3.8) is 0 Å². The molecule has 2 heterocycles. The van der Waals surface area contributed by atoms with E-state index in [9.17, 15) is 4.79 Å². The molecule has 0 N–H and O–H groups in total. The van der Waals surface area contributed by atoms with Crippen molar-refractivity contribution in [2.75, 3.05) is 26.3 Å². The molecule has 1 aromatic rings. The number of amidine groups is 1. The number of hydrogen-bond donors (Lipinski definition) is 0. The van der Waals surface area contributed by atoms with Crippen molar-refractivity contribution in [3.8, 4) is 0 Å².